The average Bonchev–Trinajstić information content (AvgIpc) is 3.30. The lowest BCUT2D eigenvalue weighted by molar-refractivity contribution is -0.150. The van der Waals surface area contributed by atoms with Gasteiger partial charge in [-0.15, -0.1) is 11.3 Å². The number of amides is 1. The fourth-order valence-electron chi connectivity index (χ4n) is 2.66. The normalized spacial score (nSPS) is 11.3. The molecule has 0 bridgehead atoms. The zero-order valence-electron chi connectivity index (χ0n) is 15.4. The second-order valence-electron chi connectivity index (χ2n) is 6.03. The van der Waals surface area contributed by atoms with Crippen molar-refractivity contribution in [3.05, 3.63) is 88.1 Å². The maximum absolute atomic E-state index is 12.3. The van der Waals surface area contributed by atoms with Gasteiger partial charge in [-0.25, -0.2) is 4.79 Å². The number of rotatable bonds is 9. The van der Waals surface area contributed by atoms with E-state index < -0.39 is 25.1 Å². The highest BCUT2D eigenvalue weighted by molar-refractivity contribution is 7.10. The molecule has 0 saturated heterocycles. The minimum absolute atomic E-state index is 0.283. The van der Waals surface area contributed by atoms with Crippen molar-refractivity contribution >= 4 is 29.5 Å². The first-order valence-corrected chi connectivity index (χ1v) is 9.75. The number of ether oxygens (including phenoxy) is 2. The molecule has 1 N–H and O–H groups in total. The van der Waals surface area contributed by atoms with E-state index in [0.29, 0.717) is 11.8 Å². The molecule has 3 rings (SSSR count). The molecule has 0 aliphatic carbocycles. The molecule has 1 amide bonds. The van der Waals surface area contributed by atoms with Gasteiger partial charge in [0.15, 0.2) is 19.5 Å². The van der Waals surface area contributed by atoms with Crippen LogP contribution >= 0.6 is 11.3 Å². The topological polar surface area (TPSA) is 81.7 Å². The lowest BCUT2D eigenvalue weighted by atomic mass is 10.1. The average molecular weight is 409 g/mol. The standard InChI is InChI=1S/C22H19NO5S/c24-13-17-9-4-5-10-18(17)27-15-21(26)28-14-20(25)23-22(19-11-6-12-29-19)16-7-2-1-3-8-16/h1-13,22H,14-15H2,(H,23,25)/t22-/m1/s1. The SMILES string of the molecule is O=Cc1ccccc1OCC(=O)OCC(=O)N[C@H](c1ccccc1)c1cccs1. The van der Waals surface area contributed by atoms with Crippen LogP contribution in [0, 0.1) is 0 Å². The molecular weight excluding hydrogens is 390 g/mol. The predicted molar refractivity (Wildman–Crippen MR) is 109 cm³/mol. The van der Waals surface area contributed by atoms with Crippen molar-refractivity contribution in [2.75, 3.05) is 13.2 Å². The van der Waals surface area contributed by atoms with Crippen LogP contribution in [0.5, 0.6) is 5.75 Å². The minimum Gasteiger partial charge on any atom is -0.481 e. The van der Waals surface area contributed by atoms with Crippen LogP contribution in [0.4, 0.5) is 0 Å². The smallest absolute Gasteiger partial charge is 0.344 e. The summed E-state index contributed by atoms with van der Waals surface area (Å²) in [5.41, 5.74) is 1.27. The molecule has 0 aliphatic heterocycles. The number of hydrogen-bond acceptors (Lipinski definition) is 6. The van der Waals surface area contributed by atoms with Gasteiger partial charge in [0.1, 0.15) is 5.75 Å². The van der Waals surface area contributed by atoms with Gasteiger partial charge in [0.2, 0.25) is 0 Å². The number of esters is 1. The Morgan fingerprint density at radius 2 is 1.72 bits per heavy atom. The van der Waals surface area contributed by atoms with Crippen LogP contribution in [0.25, 0.3) is 0 Å². The van der Waals surface area contributed by atoms with Crippen LogP contribution in [-0.2, 0) is 14.3 Å². The molecule has 7 heteroatoms. The third kappa shape index (κ3) is 5.76. The van der Waals surface area contributed by atoms with Crippen LogP contribution in [0.1, 0.15) is 26.8 Å². The highest BCUT2D eigenvalue weighted by Crippen LogP contribution is 2.25. The highest BCUT2D eigenvalue weighted by Gasteiger charge is 2.18. The lowest BCUT2D eigenvalue weighted by Crippen LogP contribution is -2.33. The molecule has 0 saturated carbocycles. The Hall–Kier alpha value is -3.45. The number of aldehydes is 1. The number of hydrogen-bond donors (Lipinski definition) is 1. The summed E-state index contributed by atoms with van der Waals surface area (Å²) in [6.07, 6.45) is 0.641. The van der Waals surface area contributed by atoms with E-state index in [1.54, 1.807) is 24.3 Å². The van der Waals surface area contributed by atoms with E-state index in [0.717, 1.165) is 10.4 Å². The molecule has 0 radical (unpaired) electrons. The fraction of sp³-hybridized carbons (Fsp3) is 0.136. The van der Waals surface area contributed by atoms with Crippen LogP contribution in [0.3, 0.4) is 0 Å². The Morgan fingerprint density at radius 1 is 0.966 bits per heavy atom. The first-order chi connectivity index (χ1) is 14.2. The summed E-state index contributed by atoms with van der Waals surface area (Å²) < 4.78 is 10.3. The first-order valence-electron chi connectivity index (χ1n) is 8.87. The molecule has 1 aromatic heterocycles. The summed E-state index contributed by atoms with van der Waals surface area (Å²) >= 11 is 1.53. The maximum atomic E-state index is 12.3. The predicted octanol–water partition coefficient (Wildman–Crippen LogP) is 3.39. The number of thiophene rings is 1. The van der Waals surface area contributed by atoms with Crippen molar-refractivity contribution < 1.29 is 23.9 Å². The Balaban J connectivity index is 1.53. The second-order valence-corrected chi connectivity index (χ2v) is 7.01. The van der Waals surface area contributed by atoms with Crippen molar-refractivity contribution in [3.8, 4) is 5.75 Å². The van der Waals surface area contributed by atoms with E-state index in [1.807, 2.05) is 47.8 Å². The van der Waals surface area contributed by atoms with E-state index in [9.17, 15) is 14.4 Å². The van der Waals surface area contributed by atoms with Crippen molar-refractivity contribution in [2.24, 2.45) is 0 Å². The molecule has 1 atom stereocenters. The van der Waals surface area contributed by atoms with E-state index in [4.69, 9.17) is 9.47 Å². The summed E-state index contributed by atoms with van der Waals surface area (Å²) in [6, 6.07) is 19.6. The van der Waals surface area contributed by atoms with Gasteiger partial charge >= 0.3 is 5.97 Å². The Labute approximate surface area is 172 Å². The molecule has 3 aromatic rings. The largest absolute Gasteiger partial charge is 0.481 e. The third-order valence-electron chi connectivity index (χ3n) is 4.02. The maximum Gasteiger partial charge on any atom is 0.344 e. The van der Waals surface area contributed by atoms with Crippen molar-refractivity contribution in [3.63, 3.8) is 0 Å². The summed E-state index contributed by atoms with van der Waals surface area (Å²) in [4.78, 5) is 36.2. The Kier molecular flexibility index (Phi) is 7.13. The van der Waals surface area contributed by atoms with Crippen molar-refractivity contribution in [2.45, 2.75) is 6.04 Å². The fourth-order valence-corrected chi connectivity index (χ4v) is 3.46. The van der Waals surface area contributed by atoms with Gasteiger partial charge in [-0.2, -0.15) is 0 Å². The Bertz CT molecular complexity index is 956. The van der Waals surface area contributed by atoms with Gasteiger partial charge in [0.05, 0.1) is 11.6 Å². The second kappa shape index (κ2) is 10.2. The summed E-state index contributed by atoms with van der Waals surface area (Å²) in [6.45, 7) is -0.822. The zero-order valence-corrected chi connectivity index (χ0v) is 16.3. The van der Waals surface area contributed by atoms with Gasteiger partial charge in [-0.1, -0.05) is 48.5 Å². The zero-order chi connectivity index (χ0) is 20.5. The van der Waals surface area contributed by atoms with Crippen LogP contribution in [-0.4, -0.2) is 31.4 Å². The third-order valence-corrected chi connectivity index (χ3v) is 4.96. The van der Waals surface area contributed by atoms with Gasteiger partial charge in [-0.05, 0) is 29.1 Å². The first kappa shape index (κ1) is 20.3. The molecular formula is C22H19NO5S. The van der Waals surface area contributed by atoms with Crippen LogP contribution in [0.2, 0.25) is 0 Å². The number of benzene rings is 2. The lowest BCUT2D eigenvalue weighted by Gasteiger charge is -2.18. The molecule has 0 unspecified atom stereocenters. The van der Waals surface area contributed by atoms with E-state index in [-0.39, 0.29) is 11.8 Å². The van der Waals surface area contributed by atoms with Gasteiger partial charge in [-0.3, -0.25) is 9.59 Å². The Morgan fingerprint density at radius 3 is 2.45 bits per heavy atom. The summed E-state index contributed by atoms with van der Waals surface area (Å²) in [7, 11) is 0. The highest BCUT2D eigenvalue weighted by atomic mass is 32.1. The number of nitrogens with one attached hydrogen (secondary N) is 1. The molecule has 2 aromatic carbocycles. The van der Waals surface area contributed by atoms with Crippen molar-refractivity contribution in [1.29, 1.82) is 0 Å². The molecule has 1 heterocycles. The van der Waals surface area contributed by atoms with Gasteiger partial charge in [0.25, 0.3) is 5.91 Å². The monoisotopic (exact) mass is 409 g/mol. The van der Waals surface area contributed by atoms with E-state index in [1.165, 1.54) is 11.3 Å². The minimum atomic E-state index is -0.701. The molecule has 0 spiro atoms. The van der Waals surface area contributed by atoms with Gasteiger partial charge in [0, 0.05) is 4.88 Å². The summed E-state index contributed by atoms with van der Waals surface area (Å²) in [5.74, 6) is -0.840. The van der Waals surface area contributed by atoms with Crippen LogP contribution < -0.4 is 10.1 Å². The summed E-state index contributed by atoms with van der Waals surface area (Å²) in [5, 5.41) is 4.83. The van der Waals surface area contributed by atoms with Gasteiger partial charge < -0.3 is 14.8 Å². The van der Waals surface area contributed by atoms with Crippen LogP contribution in [0.15, 0.2) is 72.1 Å². The quantitative estimate of drug-likeness (QED) is 0.433. The molecule has 148 valence electrons. The molecule has 6 nitrogen and oxygen atoms in total. The molecule has 0 aliphatic rings. The van der Waals surface area contributed by atoms with E-state index in [2.05, 4.69) is 5.32 Å². The molecule has 29 heavy (non-hydrogen) atoms. The van der Waals surface area contributed by atoms with Crippen molar-refractivity contribution in [1.82, 2.24) is 5.32 Å². The number of carbonyl (C=O) groups is 3. The number of para-hydroxylation sites is 1. The molecule has 0 fully saturated rings. The van der Waals surface area contributed by atoms with E-state index >= 15 is 0 Å². The number of carbonyl (C=O) groups excluding carboxylic acids is 3.